The number of pyridine rings is 1. The van der Waals surface area contributed by atoms with Gasteiger partial charge in [0.1, 0.15) is 5.60 Å². The molecule has 3 heteroatoms. The summed E-state index contributed by atoms with van der Waals surface area (Å²) in [6.45, 7) is 3.82. The number of hydrogen-bond donors (Lipinski definition) is 1. The molecule has 3 nitrogen and oxygen atoms in total. The standard InChI is InChI=1S/C24H28N2O/c1-20(19-26(2)18-16-21-11-5-3-6-12-21)24(27,22-13-7-4-8-14-22)23-15-9-10-17-25-23/h3-15,17,20,27H,16,18-19H2,1-2H3. The Bertz CT molecular complexity index is 766. The van der Waals surface area contributed by atoms with E-state index in [1.54, 1.807) is 6.20 Å². The Hall–Kier alpha value is -2.49. The van der Waals surface area contributed by atoms with Crippen molar-refractivity contribution >= 4 is 0 Å². The summed E-state index contributed by atoms with van der Waals surface area (Å²) in [5.41, 5.74) is 1.79. The van der Waals surface area contributed by atoms with Gasteiger partial charge in [-0.05, 0) is 36.7 Å². The van der Waals surface area contributed by atoms with Crippen LogP contribution in [0.5, 0.6) is 0 Å². The highest BCUT2D eigenvalue weighted by Gasteiger charge is 2.39. The molecule has 140 valence electrons. The van der Waals surface area contributed by atoms with Gasteiger partial charge < -0.3 is 10.0 Å². The molecule has 0 fully saturated rings. The highest BCUT2D eigenvalue weighted by Crippen LogP contribution is 2.36. The van der Waals surface area contributed by atoms with Crippen LogP contribution < -0.4 is 0 Å². The SMILES string of the molecule is CC(CN(C)CCc1ccccc1)C(O)(c1ccccc1)c1ccccn1. The summed E-state index contributed by atoms with van der Waals surface area (Å²) < 4.78 is 0. The maximum atomic E-state index is 11.8. The van der Waals surface area contributed by atoms with Crippen LogP contribution in [0.2, 0.25) is 0 Å². The van der Waals surface area contributed by atoms with E-state index in [4.69, 9.17) is 0 Å². The molecule has 0 saturated heterocycles. The fraction of sp³-hybridized carbons (Fsp3) is 0.292. The molecule has 1 aromatic heterocycles. The Morgan fingerprint density at radius 1 is 0.926 bits per heavy atom. The van der Waals surface area contributed by atoms with Crippen LogP contribution in [0.1, 0.15) is 23.7 Å². The molecular formula is C24H28N2O. The monoisotopic (exact) mass is 360 g/mol. The van der Waals surface area contributed by atoms with Gasteiger partial charge in [-0.1, -0.05) is 73.7 Å². The van der Waals surface area contributed by atoms with Crippen molar-refractivity contribution in [1.29, 1.82) is 0 Å². The summed E-state index contributed by atoms with van der Waals surface area (Å²) in [5, 5.41) is 11.8. The molecule has 2 unspecified atom stereocenters. The first-order valence-electron chi connectivity index (χ1n) is 9.52. The van der Waals surface area contributed by atoms with Crippen molar-refractivity contribution in [2.45, 2.75) is 18.9 Å². The lowest BCUT2D eigenvalue weighted by atomic mass is 9.79. The zero-order valence-electron chi connectivity index (χ0n) is 16.1. The molecule has 1 N–H and O–H groups in total. The molecule has 2 aromatic carbocycles. The number of rotatable bonds is 8. The summed E-state index contributed by atoms with van der Waals surface area (Å²) >= 11 is 0. The van der Waals surface area contributed by atoms with Gasteiger partial charge in [0.2, 0.25) is 0 Å². The second kappa shape index (κ2) is 8.94. The number of likely N-dealkylation sites (N-methyl/N-ethyl adjacent to an activating group) is 1. The zero-order valence-corrected chi connectivity index (χ0v) is 16.1. The molecule has 0 saturated carbocycles. The van der Waals surface area contributed by atoms with Crippen LogP contribution in [0, 0.1) is 5.92 Å². The Morgan fingerprint density at radius 2 is 1.56 bits per heavy atom. The van der Waals surface area contributed by atoms with E-state index in [0.717, 1.165) is 25.1 Å². The second-order valence-corrected chi connectivity index (χ2v) is 7.25. The largest absolute Gasteiger partial charge is 0.378 e. The minimum absolute atomic E-state index is 0.0180. The van der Waals surface area contributed by atoms with Crippen molar-refractivity contribution in [2.75, 3.05) is 20.1 Å². The Labute approximate surface area is 162 Å². The lowest BCUT2D eigenvalue weighted by Gasteiger charge is -2.36. The van der Waals surface area contributed by atoms with Gasteiger partial charge in [0.15, 0.2) is 0 Å². The minimum Gasteiger partial charge on any atom is -0.378 e. The molecule has 0 spiro atoms. The van der Waals surface area contributed by atoms with E-state index in [0.29, 0.717) is 5.69 Å². The highest BCUT2D eigenvalue weighted by atomic mass is 16.3. The average molecular weight is 361 g/mol. The smallest absolute Gasteiger partial charge is 0.135 e. The van der Waals surface area contributed by atoms with Gasteiger partial charge in [0, 0.05) is 25.2 Å². The molecule has 1 heterocycles. The molecule has 0 aliphatic carbocycles. The molecular weight excluding hydrogens is 332 g/mol. The fourth-order valence-corrected chi connectivity index (χ4v) is 3.62. The number of aliphatic hydroxyl groups is 1. The van der Waals surface area contributed by atoms with Crippen molar-refractivity contribution in [2.24, 2.45) is 5.92 Å². The van der Waals surface area contributed by atoms with Crippen LogP contribution in [-0.2, 0) is 12.0 Å². The lowest BCUT2D eigenvalue weighted by Crippen LogP contribution is -2.42. The maximum absolute atomic E-state index is 11.8. The van der Waals surface area contributed by atoms with Crippen LogP contribution in [0.25, 0.3) is 0 Å². The molecule has 2 atom stereocenters. The Morgan fingerprint density at radius 3 is 2.19 bits per heavy atom. The first kappa shape index (κ1) is 19.3. The van der Waals surface area contributed by atoms with Gasteiger partial charge >= 0.3 is 0 Å². The summed E-state index contributed by atoms with van der Waals surface area (Å²) in [4.78, 5) is 6.77. The molecule has 0 radical (unpaired) electrons. The van der Waals surface area contributed by atoms with Crippen molar-refractivity contribution < 1.29 is 5.11 Å². The zero-order chi connectivity index (χ0) is 19.1. The highest BCUT2D eigenvalue weighted by molar-refractivity contribution is 5.33. The van der Waals surface area contributed by atoms with E-state index in [1.165, 1.54) is 5.56 Å². The first-order valence-corrected chi connectivity index (χ1v) is 9.52. The predicted octanol–water partition coefficient (Wildman–Crippen LogP) is 4.13. The summed E-state index contributed by atoms with van der Waals surface area (Å²) in [6, 6.07) is 26.1. The van der Waals surface area contributed by atoms with E-state index in [2.05, 4.69) is 48.1 Å². The van der Waals surface area contributed by atoms with Gasteiger partial charge in [-0.15, -0.1) is 0 Å². The Balaban J connectivity index is 1.76. The quantitative estimate of drug-likeness (QED) is 0.656. The first-order chi connectivity index (χ1) is 13.1. The minimum atomic E-state index is -1.12. The maximum Gasteiger partial charge on any atom is 0.135 e. The van der Waals surface area contributed by atoms with Gasteiger partial charge in [-0.3, -0.25) is 4.98 Å². The molecule has 0 amide bonds. The van der Waals surface area contributed by atoms with Gasteiger partial charge in [-0.2, -0.15) is 0 Å². The van der Waals surface area contributed by atoms with Crippen LogP contribution in [0.3, 0.4) is 0 Å². The third-order valence-corrected chi connectivity index (χ3v) is 5.19. The van der Waals surface area contributed by atoms with Crippen molar-refractivity contribution in [3.05, 3.63) is 102 Å². The van der Waals surface area contributed by atoms with E-state index in [1.807, 2.05) is 54.6 Å². The Kier molecular flexibility index (Phi) is 6.38. The van der Waals surface area contributed by atoms with E-state index >= 15 is 0 Å². The van der Waals surface area contributed by atoms with Crippen molar-refractivity contribution in [3.8, 4) is 0 Å². The van der Waals surface area contributed by atoms with E-state index in [-0.39, 0.29) is 5.92 Å². The number of benzene rings is 2. The van der Waals surface area contributed by atoms with Crippen LogP contribution >= 0.6 is 0 Å². The normalized spacial score (nSPS) is 14.7. The van der Waals surface area contributed by atoms with Crippen LogP contribution in [-0.4, -0.2) is 35.1 Å². The summed E-state index contributed by atoms with van der Waals surface area (Å²) in [5.74, 6) is -0.0180. The number of aromatic nitrogens is 1. The van der Waals surface area contributed by atoms with Gasteiger partial charge in [0.25, 0.3) is 0 Å². The number of hydrogen-bond acceptors (Lipinski definition) is 3. The molecule has 3 rings (SSSR count). The summed E-state index contributed by atoms with van der Waals surface area (Å²) in [6.07, 6.45) is 2.74. The molecule has 0 bridgehead atoms. The predicted molar refractivity (Wildman–Crippen MR) is 110 cm³/mol. The van der Waals surface area contributed by atoms with Gasteiger partial charge in [0.05, 0.1) is 5.69 Å². The molecule has 27 heavy (non-hydrogen) atoms. The third-order valence-electron chi connectivity index (χ3n) is 5.19. The van der Waals surface area contributed by atoms with E-state index in [9.17, 15) is 5.11 Å². The third kappa shape index (κ3) is 4.62. The fourth-order valence-electron chi connectivity index (χ4n) is 3.62. The molecule has 3 aromatic rings. The number of nitrogens with zero attached hydrogens (tertiary/aromatic N) is 2. The topological polar surface area (TPSA) is 36.4 Å². The lowest BCUT2D eigenvalue weighted by molar-refractivity contribution is 0.00704. The average Bonchev–Trinajstić information content (AvgIpc) is 2.73. The summed E-state index contributed by atoms with van der Waals surface area (Å²) in [7, 11) is 2.11. The second-order valence-electron chi connectivity index (χ2n) is 7.25. The van der Waals surface area contributed by atoms with Crippen LogP contribution in [0.4, 0.5) is 0 Å². The van der Waals surface area contributed by atoms with Crippen molar-refractivity contribution in [1.82, 2.24) is 9.88 Å². The van der Waals surface area contributed by atoms with Crippen molar-refractivity contribution in [3.63, 3.8) is 0 Å². The van der Waals surface area contributed by atoms with Crippen LogP contribution in [0.15, 0.2) is 85.1 Å². The van der Waals surface area contributed by atoms with E-state index < -0.39 is 5.60 Å². The van der Waals surface area contributed by atoms with Gasteiger partial charge in [-0.25, -0.2) is 0 Å². The molecule has 0 aliphatic rings. The molecule has 0 aliphatic heterocycles.